The lowest BCUT2D eigenvalue weighted by Gasteiger charge is -2.05. The number of rotatable bonds is 1. The molecule has 1 aromatic carbocycles. The molecule has 2 rings (SSSR count). The van der Waals surface area contributed by atoms with E-state index >= 15 is 0 Å². The highest BCUT2D eigenvalue weighted by molar-refractivity contribution is 5.90. The molecular formula is C10H12ClNO2. The second-order valence-corrected chi connectivity index (χ2v) is 3.32. The van der Waals surface area contributed by atoms with Crippen molar-refractivity contribution in [2.75, 3.05) is 0 Å². The van der Waals surface area contributed by atoms with Crippen LogP contribution in [-0.2, 0) is 6.42 Å². The molecule has 0 aromatic heterocycles. The minimum atomic E-state index is -0.856. The van der Waals surface area contributed by atoms with E-state index in [-0.39, 0.29) is 18.4 Å². The molecule has 0 radical (unpaired) electrons. The van der Waals surface area contributed by atoms with Crippen LogP contribution in [0.15, 0.2) is 18.2 Å². The molecule has 0 spiro atoms. The molecule has 3 nitrogen and oxygen atoms in total. The van der Waals surface area contributed by atoms with Gasteiger partial charge in [0.2, 0.25) is 0 Å². The highest BCUT2D eigenvalue weighted by Crippen LogP contribution is 2.31. The molecule has 1 aliphatic carbocycles. The molecule has 0 saturated carbocycles. The monoisotopic (exact) mass is 213 g/mol. The van der Waals surface area contributed by atoms with Gasteiger partial charge in [0.05, 0.1) is 5.56 Å². The van der Waals surface area contributed by atoms with Crippen molar-refractivity contribution in [2.45, 2.75) is 18.9 Å². The van der Waals surface area contributed by atoms with Gasteiger partial charge in [-0.15, -0.1) is 12.4 Å². The fourth-order valence-corrected chi connectivity index (χ4v) is 1.89. The topological polar surface area (TPSA) is 63.3 Å². The number of benzene rings is 1. The second-order valence-electron chi connectivity index (χ2n) is 3.32. The Bertz CT molecular complexity index is 365. The number of carboxylic acids is 1. The van der Waals surface area contributed by atoms with E-state index in [0.717, 1.165) is 24.0 Å². The molecule has 3 N–H and O–H groups in total. The number of aromatic carboxylic acids is 1. The van der Waals surface area contributed by atoms with E-state index in [1.54, 1.807) is 12.1 Å². The van der Waals surface area contributed by atoms with E-state index in [2.05, 4.69) is 0 Å². The van der Waals surface area contributed by atoms with Gasteiger partial charge in [0.15, 0.2) is 0 Å². The van der Waals surface area contributed by atoms with Crippen LogP contribution in [-0.4, -0.2) is 11.1 Å². The van der Waals surface area contributed by atoms with Crippen LogP contribution in [0.25, 0.3) is 0 Å². The van der Waals surface area contributed by atoms with Crippen LogP contribution >= 0.6 is 12.4 Å². The molecule has 14 heavy (non-hydrogen) atoms. The van der Waals surface area contributed by atoms with Crippen molar-refractivity contribution in [1.82, 2.24) is 0 Å². The fraction of sp³-hybridized carbons (Fsp3) is 0.300. The Morgan fingerprint density at radius 3 is 2.86 bits per heavy atom. The lowest BCUT2D eigenvalue weighted by atomic mass is 10.0. The summed E-state index contributed by atoms with van der Waals surface area (Å²) in [6.07, 6.45) is 1.65. The fourth-order valence-electron chi connectivity index (χ4n) is 1.89. The Morgan fingerprint density at radius 1 is 1.50 bits per heavy atom. The Morgan fingerprint density at radius 2 is 2.21 bits per heavy atom. The maximum Gasteiger partial charge on any atom is 0.335 e. The summed E-state index contributed by atoms with van der Waals surface area (Å²) in [6, 6.07) is 5.33. The van der Waals surface area contributed by atoms with E-state index in [0.29, 0.717) is 5.56 Å². The molecule has 0 bridgehead atoms. The van der Waals surface area contributed by atoms with E-state index in [1.807, 2.05) is 6.07 Å². The molecule has 1 aromatic rings. The Kier molecular flexibility index (Phi) is 3.13. The maximum absolute atomic E-state index is 10.8. The maximum atomic E-state index is 10.8. The zero-order valence-corrected chi connectivity index (χ0v) is 8.38. The Hall–Kier alpha value is -1.06. The molecular weight excluding hydrogens is 202 g/mol. The standard InChI is InChI=1S/C10H11NO2.ClH/c11-9-5-4-6-7(9)2-1-3-8(6)10(12)13;/h1-3,9H,4-5,11H2,(H,12,13);1H/t9-;/m0./s1. The summed E-state index contributed by atoms with van der Waals surface area (Å²) in [5.41, 5.74) is 8.15. The second kappa shape index (κ2) is 3.98. The summed E-state index contributed by atoms with van der Waals surface area (Å²) in [5, 5.41) is 8.89. The summed E-state index contributed by atoms with van der Waals surface area (Å²) in [4.78, 5) is 10.8. The minimum absolute atomic E-state index is 0. The molecule has 0 saturated heterocycles. The number of fused-ring (bicyclic) bond motifs is 1. The van der Waals surface area contributed by atoms with Crippen LogP contribution in [0.4, 0.5) is 0 Å². The summed E-state index contributed by atoms with van der Waals surface area (Å²) < 4.78 is 0. The van der Waals surface area contributed by atoms with Gasteiger partial charge in [-0.05, 0) is 30.0 Å². The number of carbonyl (C=O) groups is 1. The van der Waals surface area contributed by atoms with Gasteiger partial charge in [-0.2, -0.15) is 0 Å². The van der Waals surface area contributed by atoms with Gasteiger partial charge >= 0.3 is 5.97 Å². The lowest BCUT2D eigenvalue weighted by Crippen LogP contribution is -2.06. The molecule has 0 aliphatic heterocycles. The summed E-state index contributed by atoms with van der Waals surface area (Å²) in [7, 11) is 0. The van der Waals surface area contributed by atoms with Gasteiger partial charge in [0.1, 0.15) is 0 Å². The van der Waals surface area contributed by atoms with Crippen molar-refractivity contribution in [1.29, 1.82) is 0 Å². The average molecular weight is 214 g/mol. The number of hydrogen-bond acceptors (Lipinski definition) is 2. The molecule has 1 aliphatic rings. The molecule has 1 atom stereocenters. The lowest BCUT2D eigenvalue weighted by molar-refractivity contribution is 0.0696. The van der Waals surface area contributed by atoms with Gasteiger partial charge in [-0.1, -0.05) is 12.1 Å². The quantitative estimate of drug-likeness (QED) is 0.747. The van der Waals surface area contributed by atoms with Crippen molar-refractivity contribution >= 4 is 18.4 Å². The van der Waals surface area contributed by atoms with Crippen LogP contribution < -0.4 is 5.73 Å². The SMILES string of the molecule is Cl.N[C@H]1CCc2c(C(=O)O)cccc21. The zero-order valence-electron chi connectivity index (χ0n) is 7.56. The number of carboxylic acid groups (broad SMARTS) is 1. The van der Waals surface area contributed by atoms with Gasteiger partial charge < -0.3 is 10.8 Å². The highest BCUT2D eigenvalue weighted by Gasteiger charge is 2.23. The van der Waals surface area contributed by atoms with Crippen molar-refractivity contribution in [3.8, 4) is 0 Å². The zero-order chi connectivity index (χ0) is 9.42. The summed E-state index contributed by atoms with van der Waals surface area (Å²) in [5.74, 6) is -0.856. The predicted molar refractivity (Wildman–Crippen MR) is 55.9 cm³/mol. The first-order valence-corrected chi connectivity index (χ1v) is 4.31. The molecule has 0 unspecified atom stereocenters. The first kappa shape index (κ1) is 11.0. The minimum Gasteiger partial charge on any atom is -0.478 e. The van der Waals surface area contributed by atoms with E-state index in [4.69, 9.17) is 10.8 Å². The van der Waals surface area contributed by atoms with Crippen molar-refractivity contribution in [3.05, 3.63) is 34.9 Å². The third-order valence-electron chi connectivity index (χ3n) is 2.55. The van der Waals surface area contributed by atoms with E-state index in [9.17, 15) is 4.79 Å². The first-order chi connectivity index (χ1) is 6.20. The van der Waals surface area contributed by atoms with Gasteiger partial charge in [0, 0.05) is 6.04 Å². The smallest absolute Gasteiger partial charge is 0.335 e. The number of halogens is 1. The molecule has 4 heteroatoms. The van der Waals surface area contributed by atoms with Gasteiger partial charge in [-0.25, -0.2) is 4.79 Å². The third kappa shape index (κ3) is 1.61. The number of nitrogens with two attached hydrogens (primary N) is 1. The van der Waals surface area contributed by atoms with Crippen molar-refractivity contribution < 1.29 is 9.90 Å². The largest absolute Gasteiger partial charge is 0.478 e. The summed E-state index contributed by atoms with van der Waals surface area (Å²) in [6.45, 7) is 0. The van der Waals surface area contributed by atoms with Crippen LogP contribution in [0.3, 0.4) is 0 Å². The molecule has 0 fully saturated rings. The molecule has 0 heterocycles. The van der Waals surface area contributed by atoms with Crippen LogP contribution in [0.2, 0.25) is 0 Å². The highest BCUT2D eigenvalue weighted by atomic mass is 35.5. The van der Waals surface area contributed by atoms with Crippen LogP contribution in [0.1, 0.15) is 33.9 Å². The summed E-state index contributed by atoms with van der Waals surface area (Å²) >= 11 is 0. The number of hydrogen-bond donors (Lipinski definition) is 2. The van der Waals surface area contributed by atoms with Crippen molar-refractivity contribution in [3.63, 3.8) is 0 Å². The first-order valence-electron chi connectivity index (χ1n) is 4.31. The predicted octanol–water partition coefficient (Wildman–Crippen LogP) is 1.75. The van der Waals surface area contributed by atoms with Crippen LogP contribution in [0.5, 0.6) is 0 Å². The van der Waals surface area contributed by atoms with Crippen molar-refractivity contribution in [2.24, 2.45) is 5.73 Å². The van der Waals surface area contributed by atoms with Gasteiger partial charge in [0.25, 0.3) is 0 Å². The normalized spacial score (nSPS) is 18.5. The van der Waals surface area contributed by atoms with E-state index < -0.39 is 5.97 Å². The molecule has 0 amide bonds. The van der Waals surface area contributed by atoms with Crippen LogP contribution in [0, 0.1) is 0 Å². The Labute approximate surface area is 88.3 Å². The average Bonchev–Trinajstić information content (AvgIpc) is 2.48. The van der Waals surface area contributed by atoms with E-state index in [1.165, 1.54) is 0 Å². The third-order valence-corrected chi connectivity index (χ3v) is 2.55. The Balaban J connectivity index is 0.000000980. The molecule has 76 valence electrons. The van der Waals surface area contributed by atoms with Gasteiger partial charge in [-0.3, -0.25) is 0 Å².